The van der Waals surface area contributed by atoms with Crippen LogP contribution in [0, 0.1) is 0 Å². The molecule has 0 radical (unpaired) electrons. The number of benzene rings is 1. The van der Waals surface area contributed by atoms with E-state index >= 15 is 0 Å². The van der Waals surface area contributed by atoms with Crippen molar-refractivity contribution in [1.82, 2.24) is 9.97 Å². The van der Waals surface area contributed by atoms with Crippen LogP contribution in [0.5, 0.6) is 0 Å². The van der Waals surface area contributed by atoms with Crippen molar-refractivity contribution in [2.45, 2.75) is 19.1 Å². The average molecular weight is 299 g/mol. The van der Waals surface area contributed by atoms with Gasteiger partial charge in [-0.2, -0.15) is 0 Å². The second-order valence-corrected chi connectivity index (χ2v) is 5.18. The Bertz CT molecular complexity index is 710. The molecule has 1 atom stereocenters. The van der Waals surface area contributed by atoms with E-state index in [1.54, 1.807) is 6.33 Å². The van der Waals surface area contributed by atoms with Gasteiger partial charge in [-0.3, -0.25) is 10.5 Å². The third-order valence-electron chi connectivity index (χ3n) is 3.33. The minimum absolute atomic E-state index is 0.0555. The van der Waals surface area contributed by atoms with Gasteiger partial charge in [0.15, 0.2) is 11.6 Å². The summed E-state index contributed by atoms with van der Waals surface area (Å²) in [5, 5.41) is 3.13. The third kappa shape index (κ3) is 2.99. The van der Waals surface area contributed by atoms with Crippen LogP contribution >= 0.6 is 0 Å². The molecule has 0 aliphatic carbocycles. The Morgan fingerprint density at radius 3 is 2.86 bits per heavy atom. The van der Waals surface area contributed by atoms with E-state index < -0.39 is 5.79 Å². The summed E-state index contributed by atoms with van der Waals surface area (Å²) in [5.74, 6) is -0.789. The van der Waals surface area contributed by atoms with Crippen LogP contribution in [0.3, 0.4) is 0 Å². The fourth-order valence-electron chi connectivity index (χ4n) is 2.40. The number of esters is 1. The Kier molecular flexibility index (Phi) is 3.64. The summed E-state index contributed by atoms with van der Waals surface area (Å²) in [6.45, 7) is 1.41. The number of nitrogens with zero attached hydrogens (tertiary/aromatic N) is 2. The highest BCUT2D eigenvalue weighted by Crippen LogP contribution is 2.25. The lowest BCUT2D eigenvalue weighted by molar-refractivity contribution is -0.139. The zero-order valence-electron chi connectivity index (χ0n) is 12.2. The summed E-state index contributed by atoms with van der Waals surface area (Å²) in [7, 11) is 0. The average Bonchev–Trinajstić information content (AvgIpc) is 2.93. The number of ether oxygens (including phenoxy) is 1. The van der Waals surface area contributed by atoms with E-state index in [-0.39, 0.29) is 12.6 Å². The van der Waals surface area contributed by atoms with Crippen LogP contribution in [0.25, 0.3) is 0 Å². The van der Waals surface area contributed by atoms with Crippen LogP contribution in [0.15, 0.2) is 41.7 Å². The quantitative estimate of drug-likeness (QED) is 0.732. The fourth-order valence-corrected chi connectivity index (χ4v) is 2.40. The molecule has 2 aromatic rings. The van der Waals surface area contributed by atoms with Gasteiger partial charge in [-0.15, -0.1) is 0 Å². The van der Waals surface area contributed by atoms with Crippen molar-refractivity contribution < 1.29 is 9.53 Å². The van der Waals surface area contributed by atoms with Crippen LogP contribution in [0.1, 0.15) is 18.2 Å². The van der Waals surface area contributed by atoms with Crippen molar-refractivity contribution in [3.05, 3.63) is 47.9 Å². The highest BCUT2D eigenvalue weighted by Gasteiger charge is 2.33. The lowest BCUT2D eigenvalue weighted by atomic mass is 10.1. The summed E-state index contributed by atoms with van der Waals surface area (Å²) >= 11 is 0. The minimum Gasteiger partial charge on any atom is -0.459 e. The number of aliphatic imine (C=N–C) groups is 1. The molecule has 7 nitrogen and oxygen atoms in total. The maximum atomic E-state index is 11.0. The molecule has 22 heavy (non-hydrogen) atoms. The van der Waals surface area contributed by atoms with E-state index in [1.807, 2.05) is 30.3 Å². The van der Waals surface area contributed by atoms with E-state index in [4.69, 9.17) is 10.5 Å². The van der Waals surface area contributed by atoms with E-state index in [1.165, 1.54) is 6.92 Å². The third-order valence-corrected chi connectivity index (χ3v) is 3.33. The van der Waals surface area contributed by atoms with Gasteiger partial charge >= 0.3 is 5.97 Å². The van der Waals surface area contributed by atoms with E-state index in [0.29, 0.717) is 23.6 Å². The number of aromatic nitrogens is 2. The predicted molar refractivity (Wildman–Crippen MR) is 82.4 cm³/mol. The number of hydrogen-bond acceptors (Lipinski definition) is 6. The van der Waals surface area contributed by atoms with Crippen molar-refractivity contribution in [2.75, 3.05) is 11.9 Å². The zero-order valence-corrected chi connectivity index (χ0v) is 12.2. The molecule has 114 valence electrons. The Morgan fingerprint density at radius 2 is 2.14 bits per heavy atom. The monoisotopic (exact) mass is 299 g/mol. The molecule has 7 heteroatoms. The molecule has 0 fully saturated rings. The number of nitrogens with one attached hydrogen (secondary N) is 2. The van der Waals surface area contributed by atoms with Crippen LogP contribution in [-0.2, 0) is 16.0 Å². The number of carbonyl (C=O) groups is 1. The molecular weight excluding hydrogens is 282 g/mol. The van der Waals surface area contributed by atoms with Crippen molar-refractivity contribution in [1.29, 1.82) is 0 Å². The predicted octanol–water partition coefficient (Wildman–Crippen LogP) is 1.04. The fraction of sp³-hybridized carbons (Fsp3) is 0.267. The number of aromatic amines is 1. The largest absolute Gasteiger partial charge is 0.459 e. The van der Waals surface area contributed by atoms with Gasteiger partial charge in [-0.1, -0.05) is 30.3 Å². The second-order valence-electron chi connectivity index (χ2n) is 5.18. The van der Waals surface area contributed by atoms with Crippen molar-refractivity contribution in [2.24, 2.45) is 10.7 Å². The zero-order chi connectivity index (χ0) is 15.6. The number of anilines is 1. The lowest BCUT2D eigenvalue weighted by Gasteiger charge is -2.31. The standard InChI is InChI=1S/C15H17N5O2/c1-10(21)22-8-12-13-14(18-9-17-13)20-15(16,19-12)7-11-5-3-2-4-6-11/h2-6,9,20H,7-8,16H2,1H3,(H,17,18). The molecule has 0 spiro atoms. The van der Waals surface area contributed by atoms with Gasteiger partial charge in [0.05, 0.1) is 6.33 Å². The number of rotatable bonds is 4. The normalized spacial score (nSPS) is 19.8. The SMILES string of the molecule is CC(=O)OCC1=NC(N)(Cc2ccccc2)Nc2nc[nH]c21. The van der Waals surface area contributed by atoms with Gasteiger partial charge in [-0.25, -0.2) is 9.98 Å². The molecule has 1 aromatic heterocycles. The summed E-state index contributed by atoms with van der Waals surface area (Å²) in [6, 6.07) is 9.81. The number of nitrogens with two attached hydrogens (primary N) is 1. The first-order valence-corrected chi connectivity index (χ1v) is 6.92. The Labute approximate surface area is 127 Å². The van der Waals surface area contributed by atoms with E-state index in [9.17, 15) is 4.79 Å². The highest BCUT2D eigenvalue weighted by atomic mass is 16.5. The van der Waals surface area contributed by atoms with Gasteiger partial charge in [0.1, 0.15) is 18.0 Å². The first-order valence-electron chi connectivity index (χ1n) is 6.92. The number of fused-ring (bicyclic) bond motifs is 1. The number of H-pyrrole nitrogens is 1. The molecule has 0 amide bonds. The highest BCUT2D eigenvalue weighted by molar-refractivity contribution is 6.05. The summed E-state index contributed by atoms with van der Waals surface area (Å²) in [5.41, 5.74) is 8.68. The van der Waals surface area contributed by atoms with Crippen molar-refractivity contribution in [3.63, 3.8) is 0 Å². The van der Waals surface area contributed by atoms with Crippen LogP contribution in [0.4, 0.5) is 5.82 Å². The maximum Gasteiger partial charge on any atom is 0.303 e. The Morgan fingerprint density at radius 1 is 1.36 bits per heavy atom. The van der Waals surface area contributed by atoms with Gasteiger partial charge in [-0.05, 0) is 5.56 Å². The molecule has 1 aliphatic rings. The number of hydrogen-bond donors (Lipinski definition) is 3. The van der Waals surface area contributed by atoms with E-state index in [2.05, 4.69) is 20.3 Å². The van der Waals surface area contributed by atoms with Gasteiger partial charge in [0, 0.05) is 13.3 Å². The Balaban J connectivity index is 1.88. The maximum absolute atomic E-state index is 11.0. The molecule has 4 N–H and O–H groups in total. The molecule has 0 bridgehead atoms. The lowest BCUT2D eigenvalue weighted by Crippen LogP contribution is -2.51. The summed E-state index contributed by atoms with van der Waals surface area (Å²) < 4.78 is 5.05. The molecule has 1 aromatic carbocycles. The molecule has 1 aliphatic heterocycles. The van der Waals surface area contributed by atoms with Crippen LogP contribution < -0.4 is 11.1 Å². The molecule has 1 unspecified atom stereocenters. The topological polar surface area (TPSA) is 105 Å². The van der Waals surface area contributed by atoms with Gasteiger partial charge in [0.25, 0.3) is 0 Å². The second kappa shape index (κ2) is 5.61. The summed E-state index contributed by atoms with van der Waals surface area (Å²) in [4.78, 5) is 22.8. The molecule has 3 rings (SSSR count). The first kappa shape index (κ1) is 14.3. The number of imidazole rings is 1. The van der Waals surface area contributed by atoms with Gasteiger partial charge in [0.2, 0.25) is 0 Å². The molecular formula is C15H17N5O2. The van der Waals surface area contributed by atoms with Crippen LogP contribution in [-0.4, -0.2) is 34.0 Å². The van der Waals surface area contributed by atoms with Crippen LogP contribution in [0.2, 0.25) is 0 Å². The molecule has 0 saturated heterocycles. The number of carbonyl (C=O) groups excluding carboxylic acids is 1. The molecule has 0 saturated carbocycles. The van der Waals surface area contributed by atoms with Crippen molar-refractivity contribution in [3.8, 4) is 0 Å². The minimum atomic E-state index is -1.03. The Hall–Kier alpha value is -2.67. The van der Waals surface area contributed by atoms with Gasteiger partial charge < -0.3 is 15.0 Å². The summed E-state index contributed by atoms with van der Waals surface area (Å²) in [6.07, 6.45) is 2.04. The van der Waals surface area contributed by atoms with Crippen molar-refractivity contribution >= 4 is 17.5 Å². The molecule has 2 heterocycles. The first-order chi connectivity index (χ1) is 10.6. The smallest absolute Gasteiger partial charge is 0.303 e. The van der Waals surface area contributed by atoms with E-state index in [0.717, 1.165) is 5.56 Å².